The highest BCUT2D eigenvalue weighted by Crippen LogP contribution is 2.03. The lowest BCUT2D eigenvalue weighted by molar-refractivity contribution is 0.548. The minimum absolute atomic E-state index is 0.113. The van der Waals surface area contributed by atoms with Crippen LogP contribution in [0.25, 0.3) is 0 Å². The predicted molar refractivity (Wildman–Crippen MR) is 33.2 cm³/mol. The van der Waals surface area contributed by atoms with Crippen LogP contribution in [0.4, 0.5) is 11.8 Å². The summed E-state index contributed by atoms with van der Waals surface area (Å²) in [6.07, 6.45) is 1.83. The number of rotatable bonds is 1. The molecule has 0 saturated carbocycles. The summed E-state index contributed by atoms with van der Waals surface area (Å²) in [6.45, 7) is 0. The molecule has 0 saturated heterocycles. The molecule has 0 spiro atoms. The van der Waals surface area contributed by atoms with Crippen molar-refractivity contribution in [1.82, 2.24) is 9.55 Å². The molecule has 0 aliphatic rings. The van der Waals surface area contributed by atoms with Gasteiger partial charge in [0.2, 0.25) is 12.4 Å². The van der Waals surface area contributed by atoms with Crippen molar-refractivity contribution in [3.63, 3.8) is 0 Å². The van der Waals surface area contributed by atoms with Crippen LogP contribution in [0, 0.1) is 0 Å². The summed E-state index contributed by atoms with van der Waals surface area (Å²) in [4.78, 5) is 13.6. The van der Waals surface area contributed by atoms with Gasteiger partial charge in [-0.3, -0.25) is 4.79 Å². The highest BCUT2D eigenvalue weighted by molar-refractivity contribution is 5.64. The van der Waals surface area contributed by atoms with E-state index in [-0.39, 0.29) is 11.8 Å². The number of anilines is 2. The summed E-state index contributed by atoms with van der Waals surface area (Å²) in [5.74, 6) is 0.366. The van der Waals surface area contributed by atoms with Crippen molar-refractivity contribution >= 4 is 18.2 Å². The van der Waals surface area contributed by atoms with Gasteiger partial charge >= 0.3 is 0 Å². The second-order valence-electron chi connectivity index (χ2n) is 1.52. The van der Waals surface area contributed by atoms with Crippen molar-refractivity contribution in [3.05, 3.63) is 6.20 Å². The van der Waals surface area contributed by atoms with Crippen molar-refractivity contribution in [2.75, 3.05) is 11.5 Å². The quantitative estimate of drug-likeness (QED) is 0.476. The zero-order chi connectivity index (χ0) is 6.85. The van der Waals surface area contributed by atoms with E-state index in [1.807, 2.05) is 0 Å². The fourth-order valence-corrected chi connectivity index (χ4v) is 0.504. The molecule has 5 heteroatoms. The van der Waals surface area contributed by atoms with E-state index in [0.717, 1.165) is 4.57 Å². The third kappa shape index (κ3) is 0.716. The molecule has 0 aromatic carbocycles. The Kier molecular flexibility index (Phi) is 1.11. The van der Waals surface area contributed by atoms with Crippen LogP contribution in [0.3, 0.4) is 0 Å². The van der Waals surface area contributed by atoms with Crippen LogP contribution in [0.2, 0.25) is 0 Å². The molecule has 1 heterocycles. The van der Waals surface area contributed by atoms with Gasteiger partial charge in [0.25, 0.3) is 0 Å². The van der Waals surface area contributed by atoms with Gasteiger partial charge < -0.3 is 11.5 Å². The van der Waals surface area contributed by atoms with Gasteiger partial charge in [-0.25, -0.2) is 9.55 Å². The fraction of sp³-hybridized carbons (Fsp3) is 0. The zero-order valence-corrected chi connectivity index (χ0v) is 4.61. The average Bonchev–Trinajstić information content (AvgIpc) is 2.12. The van der Waals surface area contributed by atoms with E-state index < -0.39 is 0 Å². The summed E-state index contributed by atoms with van der Waals surface area (Å²) in [5.41, 5.74) is 10.4. The molecule has 0 radical (unpaired) electrons. The number of hydrogen-bond acceptors (Lipinski definition) is 4. The number of hydrogen-bond donors (Lipinski definition) is 2. The Balaban J connectivity index is 3.22. The summed E-state index contributed by atoms with van der Waals surface area (Å²) in [6, 6.07) is 0. The van der Waals surface area contributed by atoms with Crippen LogP contribution in [0.15, 0.2) is 6.20 Å². The number of aromatic nitrogens is 2. The minimum atomic E-state index is 0.113. The van der Waals surface area contributed by atoms with E-state index in [4.69, 9.17) is 11.5 Å². The maximum Gasteiger partial charge on any atom is 0.222 e. The third-order valence-corrected chi connectivity index (χ3v) is 0.959. The van der Waals surface area contributed by atoms with Crippen LogP contribution in [-0.4, -0.2) is 16.0 Å². The van der Waals surface area contributed by atoms with E-state index in [1.54, 1.807) is 0 Å². The number of nitrogens with zero attached hydrogens (tertiary/aromatic N) is 2. The minimum Gasteiger partial charge on any atom is -0.383 e. The van der Waals surface area contributed by atoms with Crippen LogP contribution in [0.1, 0.15) is 0 Å². The number of nitrogens with two attached hydrogens (primary N) is 2. The Hall–Kier alpha value is -1.52. The van der Waals surface area contributed by atoms with E-state index in [2.05, 4.69) is 4.98 Å². The second kappa shape index (κ2) is 1.77. The van der Waals surface area contributed by atoms with Crippen molar-refractivity contribution in [1.29, 1.82) is 0 Å². The molecule has 48 valence electrons. The summed E-state index contributed by atoms with van der Waals surface area (Å²) < 4.78 is 1.06. The lowest BCUT2D eigenvalue weighted by Crippen LogP contribution is -2.04. The first-order valence-electron chi connectivity index (χ1n) is 2.29. The number of imidazole rings is 1. The predicted octanol–water partition coefficient (Wildman–Crippen LogP) is -0.914. The Bertz CT molecular complexity index is 209. The topological polar surface area (TPSA) is 86.9 Å². The molecular weight excluding hydrogens is 120 g/mol. The van der Waals surface area contributed by atoms with E-state index >= 15 is 0 Å². The van der Waals surface area contributed by atoms with Gasteiger partial charge in [-0.1, -0.05) is 0 Å². The van der Waals surface area contributed by atoms with Gasteiger partial charge in [-0.2, -0.15) is 0 Å². The molecule has 1 rings (SSSR count). The molecule has 4 N–H and O–H groups in total. The van der Waals surface area contributed by atoms with E-state index in [9.17, 15) is 4.79 Å². The largest absolute Gasteiger partial charge is 0.383 e. The lowest BCUT2D eigenvalue weighted by atomic mass is 10.8. The maximum atomic E-state index is 10.1. The Labute approximate surface area is 51.3 Å². The molecular formula is C4H6N4O. The van der Waals surface area contributed by atoms with Crippen molar-refractivity contribution < 1.29 is 4.79 Å². The van der Waals surface area contributed by atoms with Gasteiger partial charge in [0.15, 0.2) is 0 Å². The molecule has 1 aromatic heterocycles. The number of carbonyl (C=O) groups is 1. The molecule has 0 aliphatic heterocycles. The average molecular weight is 126 g/mol. The second-order valence-corrected chi connectivity index (χ2v) is 1.52. The van der Waals surface area contributed by atoms with E-state index in [1.165, 1.54) is 6.20 Å². The maximum absolute atomic E-state index is 10.1. The molecule has 0 aliphatic carbocycles. The monoisotopic (exact) mass is 126 g/mol. The normalized spacial score (nSPS) is 9.33. The standard InChI is InChI=1S/C4H6N4O/c5-3-1-7-4(6)8(3)2-9/h1-2H,5H2,(H2,6,7). The fourth-order valence-electron chi connectivity index (χ4n) is 0.504. The third-order valence-electron chi connectivity index (χ3n) is 0.959. The zero-order valence-electron chi connectivity index (χ0n) is 4.61. The van der Waals surface area contributed by atoms with E-state index in [0.29, 0.717) is 6.41 Å². The summed E-state index contributed by atoms with van der Waals surface area (Å²) >= 11 is 0. The van der Waals surface area contributed by atoms with Crippen LogP contribution in [-0.2, 0) is 4.79 Å². The number of carbonyl (C=O) groups excluding carboxylic acids is 1. The Morgan fingerprint density at radius 2 is 2.33 bits per heavy atom. The summed E-state index contributed by atoms with van der Waals surface area (Å²) in [7, 11) is 0. The molecule has 0 atom stereocenters. The SMILES string of the molecule is Nc1cnc(N)n1C=O. The van der Waals surface area contributed by atoms with Crippen molar-refractivity contribution in [2.45, 2.75) is 0 Å². The van der Waals surface area contributed by atoms with Gasteiger partial charge in [0.1, 0.15) is 5.82 Å². The molecule has 0 amide bonds. The Morgan fingerprint density at radius 1 is 1.67 bits per heavy atom. The first-order valence-corrected chi connectivity index (χ1v) is 2.29. The highest BCUT2D eigenvalue weighted by Gasteiger charge is 1.99. The van der Waals surface area contributed by atoms with Crippen LogP contribution < -0.4 is 11.5 Å². The first-order chi connectivity index (χ1) is 4.25. The van der Waals surface area contributed by atoms with Crippen LogP contribution in [0.5, 0.6) is 0 Å². The lowest BCUT2D eigenvalue weighted by Gasteiger charge is -1.91. The molecule has 0 bridgehead atoms. The van der Waals surface area contributed by atoms with Crippen molar-refractivity contribution in [3.8, 4) is 0 Å². The smallest absolute Gasteiger partial charge is 0.222 e. The summed E-state index contributed by atoms with van der Waals surface area (Å²) in [5, 5.41) is 0. The first kappa shape index (κ1) is 5.61. The van der Waals surface area contributed by atoms with Crippen LogP contribution >= 0.6 is 0 Å². The molecule has 1 aromatic rings. The molecule has 5 nitrogen and oxygen atoms in total. The number of nitrogen functional groups attached to an aromatic ring is 2. The van der Waals surface area contributed by atoms with Gasteiger partial charge in [-0.15, -0.1) is 0 Å². The van der Waals surface area contributed by atoms with Crippen molar-refractivity contribution in [2.24, 2.45) is 0 Å². The van der Waals surface area contributed by atoms with Gasteiger partial charge in [-0.05, 0) is 0 Å². The molecule has 0 unspecified atom stereocenters. The Morgan fingerprint density at radius 3 is 2.56 bits per heavy atom. The highest BCUT2D eigenvalue weighted by atomic mass is 16.1. The molecule has 9 heavy (non-hydrogen) atoms. The van der Waals surface area contributed by atoms with Gasteiger partial charge in [0.05, 0.1) is 6.20 Å². The molecule has 0 fully saturated rings. The van der Waals surface area contributed by atoms with Gasteiger partial charge in [0, 0.05) is 0 Å².